The lowest BCUT2D eigenvalue weighted by atomic mass is 9.76. The van der Waals surface area contributed by atoms with Gasteiger partial charge in [-0.2, -0.15) is 0 Å². The van der Waals surface area contributed by atoms with Crippen molar-refractivity contribution in [3.63, 3.8) is 0 Å². The van der Waals surface area contributed by atoms with Crippen LogP contribution in [0.25, 0.3) is 0 Å². The zero-order valence-electron chi connectivity index (χ0n) is 11.1. The average molecular weight is 224 g/mol. The lowest BCUT2D eigenvalue weighted by Crippen LogP contribution is -2.55. The highest BCUT2D eigenvalue weighted by Crippen LogP contribution is 2.41. The predicted molar refractivity (Wildman–Crippen MR) is 69.5 cm³/mol. The standard InChI is InChI=1S/C14H28N2/c1-3-13(2)8-10-16(11-9-13)14(12-15)6-4-5-7-14/h3-12,15H2,1-2H3. The van der Waals surface area contributed by atoms with Crippen molar-refractivity contribution in [2.75, 3.05) is 19.6 Å². The molecule has 0 amide bonds. The van der Waals surface area contributed by atoms with E-state index in [2.05, 4.69) is 18.7 Å². The van der Waals surface area contributed by atoms with E-state index >= 15 is 0 Å². The van der Waals surface area contributed by atoms with Crippen LogP contribution in [0, 0.1) is 5.41 Å². The van der Waals surface area contributed by atoms with Crippen molar-refractivity contribution in [3.05, 3.63) is 0 Å². The molecule has 1 saturated carbocycles. The van der Waals surface area contributed by atoms with Gasteiger partial charge in [-0.3, -0.25) is 4.90 Å². The number of rotatable bonds is 3. The molecule has 2 fully saturated rings. The van der Waals surface area contributed by atoms with Crippen LogP contribution in [-0.2, 0) is 0 Å². The number of hydrogen-bond acceptors (Lipinski definition) is 2. The molecule has 1 heterocycles. The van der Waals surface area contributed by atoms with E-state index in [0.717, 1.165) is 6.54 Å². The highest BCUT2D eigenvalue weighted by Gasteiger charge is 2.41. The van der Waals surface area contributed by atoms with Gasteiger partial charge in [0, 0.05) is 12.1 Å². The first kappa shape index (κ1) is 12.4. The Hall–Kier alpha value is -0.0800. The van der Waals surface area contributed by atoms with Gasteiger partial charge in [0.15, 0.2) is 0 Å². The summed E-state index contributed by atoms with van der Waals surface area (Å²) in [6.07, 6.45) is 9.52. The largest absolute Gasteiger partial charge is 0.329 e. The zero-order valence-corrected chi connectivity index (χ0v) is 11.1. The maximum Gasteiger partial charge on any atom is 0.0331 e. The molecule has 0 spiro atoms. The minimum Gasteiger partial charge on any atom is -0.329 e. The van der Waals surface area contributed by atoms with Crippen molar-refractivity contribution in [2.45, 2.75) is 64.3 Å². The van der Waals surface area contributed by atoms with Crippen molar-refractivity contribution in [1.29, 1.82) is 0 Å². The normalized spacial score (nSPS) is 29.4. The minimum absolute atomic E-state index is 0.384. The Bertz CT molecular complexity index is 223. The first-order valence-electron chi connectivity index (χ1n) is 7.09. The quantitative estimate of drug-likeness (QED) is 0.798. The third-order valence-electron chi connectivity index (χ3n) is 5.41. The second kappa shape index (κ2) is 4.66. The molecule has 0 bridgehead atoms. The van der Waals surface area contributed by atoms with Gasteiger partial charge in [-0.25, -0.2) is 0 Å². The molecule has 2 rings (SSSR count). The summed E-state index contributed by atoms with van der Waals surface area (Å²) in [7, 11) is 0. The number of hydrogen-bond donors (Lipinski definition) is 1. The van der Waals surface area contributed by atoms with Crippen molar-refractivity contribution >= 4 is 0 Å². The summed E-state index contributed by atoms with van der Waals surface area (Å²) in [5.74, 6) is 0. The van der Waals surface area contributed by atoms with Crippen molar-refractivity contribution in [3.8, 4) is 0 Å². The van der Waals surface area contributed by atoms with Crippen LogP contribution in [0.2, 0.25) is 0 Å². The summed E-state index contributed by atoms with van der Waals surface area (Å²) in [4.78, 5) is 2.72. The molecule has 16 heavy (non-hydrogen) atoms. The van der Waals surface area contributed by atoms with Crippen LogP contribution in [-0.4, -0.2) is 30.1 Å². The van der Waals surface area contributed by atoms with Crippen molar-refractivity contribution in [1.82, 2.24) is 4.90 Å². The molecule has 0 unspecified atom stereocenters. The molecule has 0 atom stereocenters. The number of likely N-dealkylation sites (tertiary alicyclic amines) is 1. The predicted octanol–water partition coefficient (Wildman–Crippen LogP) is 2.77. The highest BCUT2D eigenvalue weighted by molar-refractivity contribution is 4.98. The number of nitrogens with two attached hydrogens (primary N) is 1. The Kier molecular flexibility index (Phi) is 3.60. The Morgan fingerprint density at radius 1 is 1.06 bits per heavy atom. The SMILES string of the molecule is CCC1(C)CCN(C2(CN)CCCC2)CC1. The van der Waals surface area contributed by atoms with Crippen LogP contribution in [0.15, 0.2) is 0 Å². The summed E-state index contributed by atoms with van der Waals surface area (Å²) < 4.78 is 0. The van der Waals surface area contributed by atoms with E-state index in [-0.39, 0.29) is 0 Å². The molecular formula is C14H28N2. The van der Waals surface area contributed by atoms with Gasteiger partial charge in [0.2, 0.25) is 0 Å². The molecule has 0 aromatic heterocycles. The lowest BCUT2D eigenvalue weighted by molar-refractivity contribution is 0.0281. The molecule has 94 valence electrons. The van der Waals surface area contributed by atoms with E-state index in [1.54, 1.807) is 0 Å². The third-order valence-corrected chi connectivity index (χ3v) is 5.41. The van der Waals surface area contributed by atoms with Crippen LogP contribution < -0.4 is 5.73 Å². The van der Waals surface area contributed by atoms with Crippen molar-refractivity contribution in [2.24, 2.45) is 11.1 Å². The summed E-state index contributed by atoms with van der Waals surface area (Å²) in [5, 5.41) is 0. The topological polar surface area (TPSA) is 29.3 Å². The summed E-state index contributed by atoms with van der Waals surface area (Å²) in [5.41, 5.74) is 7.04. The number of nitrogens with zero attached hydrogens (tertiary/aromatic N) is 1. The Balaban J connectivity index is 1.97. The fraction of sp³-hybridized carbons (Fsp3) is 1.00. The van der Waals surface area contributed by atoms with Crippen LogP contribution in [0.3, 0.4) is 0 Å². The summed E-state index contributed by atoms with van der Waals surface area (Å²) >= 11 is 0. The van der Waals surface area contributed by atoms with Crippen LogP contribution in [0.4, 0.5) is 0 Å². The molecule has 2 N–H and O–H groups in total. The van der Waals surface area contributed by atoms with Gasteiger partial charge >= 0.3 is 0 Å². The molecule has 1 aliphatic heterocycles. The first-order valence-corrected chi connectivity index (χ1v) is 7.09. The Morgan fingerprint density at radius 2 is 1.62 bits per heavy atom. The van der Waals surface area contributed by atoms with Crippen LogP contribution in [0.5, 0.6) is 0 Å². The second-order valence-corrected chi connectivity index (χ2v) is 6.29. The van der Waals surface area contributed by atoms with Gasteiger partial charge in [-0.15, -0.1) is 0 Å². The smallest absolute Gasteiger partial charge is 0.0331 e. The molecule has 0 radical (unpaired) electrons. The molecule has 1 aliphatic carbocycles. The van der Waals surface area contributed by atoms with E-state index < -0.39 is 0 Å². The second-order valence-electron chi connectivity index (χ2n) is 6.29. The maximum atomic E-state index is 6.06. The first-order chi connectivity index (χ1) is 7.64. The van der Waals surface area contributed by atoms with E-state index in [1.165, 1.54) is 58.0 Å². The molecule has 0 aromatic rings. The fourth-order valence-corrected chi connectivity index (χ4v) is 3.56. The van der Waals surface area contributed by atoms with Gasteiger partial charge in [-0.05, 0) is 44.2 Å². The van der Waals surface area contributed by atoms with Crippen LogP contribution >= 0.6 is 0 Å². The highest BCUT2D eigenvalue weighted by atomic mass is 15.2. The molecule has 2 aliphatic rings. The van der Waals surface area contributed by atoms with Crippen molar-refractivity contribution < 1.29 is 0 Å². The van der Waals surface area contributed by atoms with Gasteiger partial charge in [0.1, 0.15) is 0 Å². The van der Waals surface area contributed by atoms with E-state index in [1.807, 2.05) is 0 Å². The summed E-state index contributed by atoms with van der Waals surface area (Å²) in [6, 6.07) is 0. The lowest BCUT2D eigenvalue weighted by Gasteiger charge is -2.47. The molecule has 2 heteroatoms. The molecule has 0 aromatic carbocycles. The van der Waals surface area contributed by atoms with E-state index in [0.29, 0.717) is 11.0 Å². The average Bonchev–Trinajstić information content (AvgIpc) is 2.80. The fourth-order valence-electron chi connectivity index (χ4n) is 3.56. The van der Waals surface area contributed by atoms with Gasteiger partial charge in [0.25, 0.3) is 0 Å². The zero-order chi connectivity index (χ0) is 11.6. The van der Waals surface area contributed by atoms with E-state index in [4.69, 9.17) is 5.73 Å². The monoisotopic (exact) mass is 224 g/mol. The van der Waals surface area contributed by atoms with Crippen LogP contribution in [0.1, 0.15) is 58.8 Å². The van der Waals surface area contributed by atoms with Gasteiger partial charge in [-0.1, -0.05) is 33.1 Å². The number of piperidine rings is 1. The van der Waals surface area contributed by atoms with Gasteiger partial charge in [0.05, 0.1) is 0 Å². The van der Waals surface area contributed by atoms with Gasteiger partial charge < -0.3 is 5.73 Å². The third kappa shape index (κ3) is 2.14. The maximum absolute atomic E-state index is 6.06. The Morgan fingerprint density at radius 3 is 2.06 bits per heavy atom. The molecular weight excluding hydrogens is 196 g/mol. The molecule has 2 nitrogen and oxygen atoms in total. The molecule has 1 saturated heterocycles. The minimum atomic E-state index is 0.384. The Labute approximate surface area is 101 Å². The van der Waals surface area contributed by atoms with E-state index in [9.17, 15) is 0 Å². The summed E-state index contributed by atoms with van der Waals surface area (Å²) in [6.45, 7) is 8.22.